The molecule has 5 nitrogen and oxygen atoms in total. The maximum absolute atomic E-state index is 13.0. The highest BCUT2D eigenvalue weighted by molar-refractivity contribution is 6.33. The molecule has 0 fully saturated rings. The van der Waals surface area contributed by atoms with Gasteiger partial charge in [0.15, 0.2) is 11.5 Å². The number of amides is 1. The van der Waals surface area contributed by atoms with E-state index in [0.29, 0.717) is 41.0 Å². The van der Waals surface area contributed by atoms with Crippen molar-refractivity contribution in [2.75, 3.05) is 18.2 Å². The van der Waals surface area contributed by atoms with Crippen LogP contribution >= 0.6 is 11.6 Å². The number of hydrogen-bond acceptors (Lipinski definition) is 4. The number of ether oxygens (including phenoxy) is 2. The van der Waals surface area contributed by atoms with E-state index >= 15 is 0 Å². The van der Waals surface area contributed by atoms with Gasteiger partial charge in [-0.05, 0) is 56.2 Å². The van der Waals surface area contributed by atoms with E-state index in [1.807, 2.05) is 50.2 Å². The molecule has 176 valence electrons. The van der Waals surface area contributed by atoms with E-state index in [1.54, 1.807) is 12.1 Å². The SMILES string of the molecule is CCCCCCCCOc1c(Cl)cc(/C=C2\C(=O)N(c3ccccc3)N=C2C)cc1OCC. The Bertz CT molecular complexity index is 1000. The van der Waals surface area contributed by atoms with Crippen LogP contribution in [0, 0.1) is 0 Å². The highest BCUT2D eigenvalue weighted by atomic mass is 35.5. The van der Waals surface area contributed by atoms with Crippen molar-refractivity contribution >= 4 is 35.0 Å². The number of anilines is 1. The molecule has 0 spiro atoms. The second kappa shape index (κ2) is 12.4. The number of nitrogens with zero attached hydrogens (tertiary/aromatic N) is 2. The molecule has 6 heteroatoms. The van der Waals surface area contributed by atoms with Crippen LogP contribution in [0.5, 0.6) is 11.5 Å². The second-order valence-corrected chi connectivity index (χ2v) is 8.48. The Balaban J connectivity index is 1.74. The van der Waals surface area contributed by atoms with Gasteiger partial charge in [-0.25, -0.2) is 0 Å². The summed E-state index contributed by atoms with van der Waals surface area (Å²) in [5.74, 6) is 0.974. The summed E-state index contributed by atoms with van der Waals surface area (Å²) >= 11 is 6.57. The smallest absolute Gasteiger partial charge is 0.280 e. The predicted octanol–water partition coefficient (Wildman–Crippen LogP) is 7.28. The van der Waals surface area contributed by atoms with Crippen LogP contribution in [0.25, 0.3) is 6.08 Å². The average molecular weight is 469 g/mol. The fourth-order valence-corrected chi connectivity index (χ4v) is 4.00. The molecule has 0 aliphatic carbocycles. The van der Waals surface area contributed by atoms with Crippen LogP contribution in [0.4, 0.5) is 5.69 Å². The minimum absolute atomic E-state index is 0.170. The minimum Gasteiger partial charge on any atom is -0.490 e. The Hall–Kier alpha value is -2.79. The number of rotatable bonds is 12. The lowest BCUT2D eigenvalue weighted by atomic mass is 10.1. The van der Waals surface area contributed by atoms with Gasteiger partial charge >= 0.3 is 0 Å². The molecule has 0 bridgehead atoms. The van der Waals surface area contributed by atoms with Gasteiger partial charge in [0.2, 0.25) is 0 Å². The van der Waals surface area contributed by atoms with Crippen molar-refractivity contribution in [1.29, 1.82) is 0 Å². The quantitative estimate of drug-likeness (QED) is 0.243. The van der Waals surface area contributed by atoms with Crippen molar-refractivity contribution < 1.29 is 14.3 Å². The number of benzene rings is 2. The summed E-state index contributed by atoms with van der Waals surface area (Å²) in [7, 11) is 0. The molecule has 1 amide bonds. The lowest BCUT2D eigenvalue weighted by Crippen LogP contribution is -2.21. The Kier molecular flexibility index (Phi) is 9.37. The molecule has 1 aliphatic rings. The molecule has 0 atom stereocenters. The van der Waals surface area contributed by atoms with Gasteiger partial charge in [0.1, 0.15) is 0 Å². The van der Waals surface area contributed by atoms with Crippen molar-refractivity contribution in [3.8, 4) is 11.5 Å². The number of para-hydroxylation sites is 1. The number of carbonyl (C=O) groups excluding carboxylic acids is 1. The maximum atomic E-state index is 13.0. The fourth-order valence-electron chi connectivity index (χ4n) is 3.73. The topological polar surface area (TPSA) is 51.1 Å². The Morgan fingerprint density at radius 2 is 1.73 bits per heavy atom. The summed E-state index contributed by atoms with van der Waals surface area (Å²) in [6.45, 7) is 7.06. The van der Waals surface area contributed by atoms with Gasteiger partial charge in [-0.2, -0.15) is 10.1 Å². The highest BCUT2D eigenvalue weighted by Gasteiger charge is 2.28. The molecule has 0 saturated carbocycles. The molecular weight excluding hydrogens is 436 g/mol. The van der Waals surface area contributed by atoms with Crippen molar-refractivity contribution in [3.63, 3.8) is 0 Å². The largest absolute Gasteiger partial charge is 0.490 e. The van der Waals surface area contributed by atoms with Crippen LogP contribution in [0.2, 0.25) is 5.02 Å². The third-order valence-electron chi connectivity index (χ3n) is 5.45. The van der Waals surface area contributed by atoms with E-state index in [2.05, 4.69) is 12.0 Å². The third-order valence-corrected chi connectivity index (χ3v) is 5.73. The summed E-state index contributed by atoms with van der Waals surface area (Å²) in [5.41, 5.74) is 2.68. The minimum atomic E-state index is -0.170. The van der Waals surface area contributed by atoms with Gasteiger partial charge < -0.3 is 9.47 Å². The summed E-state index contributed by atoms with van der Waals surface area (Å²) in [4.78, 5) is 13.0. The maximum Gasteiger partial charge on any atom is 0.280 e. The number of carbonyl (C=O) groups is 1. The van der Waals surface area contributed by atoms with Crippen LogP contribution in [-0.2, 0) is 4.79 Å². The van der Waals surface area contributed by atoms with Gasteiger partial charge in [-0.1, -0.05) is 68.8 Å². The van der Waals surface area contributed by atoms with Crippen LogP contribution in [0.3, 0.4) is 0 Å². The molecule has 2 aromatic carbocycles. The van der Waals surface area contributed by atoms with E-state index in [4.69, 9.17) is 21.1 Å². The molecule has 0 N–H and O–H groups in total. The highest BCUT2D eigenvalue weighted by Crippen LogP contribution is 2.38. The zero-order valence-electron chi connectivity index (χ0n) is 19.8. The normalized spacial score (nSPS) is 14.7. The van der Waals surface area contributed by atoms with Gasteiger partial charge in [-0.3, -0.25) is 4.79 Å². The third kappa shape index (κ3) is 6.61. The standard InChI is InChI=1S/C27H33ClN2O3/c1-4-6-7-8-9-13-16-33-26-24(28)18-21(19-25(26)32-5-2)17-23-20(3)29-30(27(23)31)22-14-11-10-12-15-22/h10-12,14-15,17-19H,4-9,13,16H2,1-3H3/b23-17-. The van der Waals surface area contributed by atoms with Crippen molar-refractivity contribution in [3.05, 3.63) is 58.6 Å². The number of hydrogen-bond donors (Lipinski definition) is 0. The summed E-state index contributed by atoms with van der Waals surface area (Å²) in [6.07, 6.45) is 8.96. The van der Waals surface area contributed by atoms with E-state index in [9.17, 15) is 4.79 Å². The second-order valence-electron chi connectivity index (χ2n) is 8.08. The molecule has 0 radical (unpaired) electrons. The molecule has 1 heterocycles. The average Bonchev–Trinajstić information content (AvgIpc) is 3.09. The van der Waals surface area contributed by atoms with Gasteiger partial charge in [0, 0.05) is 0 Å². The molecule has 3 rings (SSSR count). The van der Waals surface area contributed by atoms with Gasteiger partial charge in [-0.15, -0.1) is 0 Å². The van der Waals surface area contributed by atoms with Crippen LogP contribution < -0.4 is 14.5 Å². The van der Waals surface area contributed by atoms with E-state index in [1.165, 1.54) is 30.7 Å². The first-order chi connectivity index (χ1) is 16.0. The zero-order valence-corrected chi connectivity index (χ0v) is 20.5. The molecule has 33 heavy (non-hydrogen) atoms. The van der Waals surface area contributed by atoms with Crippen LogP contribution in [0.15, 0.2) is 53.1 Å². The molecule has 0 unspecified atom stereocenters. The Labute approximate surface area is 202 Å². The first kappa shape index (κ1) is 24.8. The van der Waals surface area contributed by atoms with Gasteiger partial charge in [0.25, 0.3) is 5.91 Å². The number of hydrazone groups is 1. The number of halogens is 1. The zero-order chi connectivity index (χ0) is 23.6. The van der Waals surface area contributed by atoms with E-state index in [0.717, 1.165) is 24.1 Å². The van der Waals surface area contributed by atoms with Crippen molar-refractivity contribution in [2.45, 2.75) is 59.3 Å². The van der Waals surface area contributed by atoms with Crippen LogP contribution in [0.1, 0.15) is 64.9 Å². The molecular formula is C27H33ClN2O3. The van der Waals surface area contributed by atoms with Gasteiger partial charge in [0.05, 0.1) is 35.2 Å². The van der Waals surface area contributed by atoms with Crippen LogP contribution in [-0.4, -0.2) is 24.8 Å². The summed E-state index contributed by atoms with van der Waals surface area (Å²) in [6, 6.07) is 13.1. The van der Waals surface area contributed by atoms with E-state index < -0.39 is 0 Å². The molecule has 0 aromatic heterocycles. The lowest BCUT2D eigenvalue weighted by Gasteiger charge is -2.15. The fraction of sp³-hybridized carbons (Fsp3) is 0.407. The lowest BCUT2D eigenvalue weighted by molar-refractivity contribution is -0.114. The monoisotopic (exact) mass is 468 g/mol. The van der Waals surface area contributed by atoms with Crippen molar-refractivity contribution in [1.82, 2.24) is 0 Å². The first-order valence-electron chi connectivity index (χ1n) is 11.8. The summed E-state index contributed by atoms with van der Waals surface area (Å²) in [5, 5.41) is 6.33. The summed E-state index contributed by atoms with van der Waals surface area (Å²) < 4.78 is 11.8. The number of unbranched alkanes of at least 4 members (excludes halogenated alkanes) is 5. The Morgan fingerprint density at radius 1 is 1.00 bits per heavy atom. The molecule has 2 aromatic rings. The predicted molar refractivity (Wildman–Crippen MR) is 137 cm³/mol. The van der Waals surface area contributed by atoms with Crippen molar-refractivity contribution in [2.24, 2.45) is 5.10 Å². The molecule has 0 saturated heterocycles. The Morgan fingerprint density at radius 3 is 2.45 bits per heavy atom. The van der Waals surface area contributed by atoms with E-state index in [-0.39, 0.29) is 5.91 Å². The first-order valence-corrected chi connectivity index (χ1v) is 12.2. The molecule has 1 aliphatic heterocycles.